The summed E-state index contributed by atoms with van der Waals surface area (Å²) in [7, 11) is 0. The Labute approximate surface area is 79.0 Å². The minimum atomic E-state index is -4.49. The van der Waals surface area contributed by atoms with Gasteiger partial charge in [-0.05, 0) is 6.07 Å². The molecular formula is C9H8F3NO. The molecule has 0 aliphatic carbocycles. The second-order valence-corrected chi connectivity index (χ2v) is 2.68. The Kier molecular flexibility index (Phi) is 2.87. The first-order chi connectivity index (χ1) is 6.50. The largest absolute Gasteiger partial charge is 0.431 e. The van der Waals surface area contributed by atoms with Crippen LogP contribution >= 0.6 is 0 Å². The van der Waals surface area contributed by atoms with Gasteiger partial charge in [0.25, 0.3) is 0 Å². The Bertz CT molecular complexity index is 359. The molecule has 1 aromatic rings. The van der Waals surface area contributed by atoms with Crippen LogP contribution in [0, 0.1) is 12.3 Å². The Morgan fingerprint density at radius 1 is 1.50 bits per heavy atom. The molecule has 0 fully saturated rings. The molecule has 0 atom stereocenters. The molecule has 2 nitrogen and oxygen atoms in total. The number of alkyl halides is 3. The molecule has 0 unspecified atom stereocenters. The molecule has 14 heavy (non-hydrogen) atoms. The van der Waals surface area contributed by atoms with E-state index in [1.807, 2.05) is 0 Å². The van der Waals surface area contributed by atoms with Crippen LogP contribution in [0.25, 0.3) is 0 Å². The molecular weight excluding hydrogens is 195 g/mol. The number of nitrogens with zero attached hydrogens (tertiary/aromatic N) is 1. The molecule has 5 heteroatoms. The van der Waals surface area contributed by atoms with Crippen molar-refractivity contribution in [3.63, 3.8) is 0 Å². The van der Waals surface area contributed by atoms with Gasteiger partial charge in [0.15, 0.2) is 0 Å². The van der Waals surface area contributed by atoms with Gasteiger partial charge < -0.3 is 9.67 Å². The van der Waals surface area contributed by atoms with Crippen LogP contribution in [-0.2, 0) is 19.3 Å². The van der Waals surface area contributed by atoms with Crippen LogP contribution in [0.4, 0.5) is 13.2 Å². The molecule has 0 amide bonds. The van der Waals surface area contributed by atoms with E-state index in [0.717, 1.165) is 4.57 Å². The number of rotatable bonds is 2. The van der Waals surface area contributed by atoms with Gasteiger partial charge >= 0.3 is 6.18 Å². The van der Waals surface area contributed by atoms with Gasteiger partial charge in [-0.3, -0.25) is 0 Å². The molecule has 0 saturated carbocycles. The van der Waals surface area contributed by atoms with E-state index in [9.17, 15) is 13.2 Å². The summed E-state index contributed by atoms with van der Waals surface area (Å²) in [4.78, 5) is 0. The van der Waals surface area contributed by atoms with Crippen LogP contribution in [0.5, 0.6) is 0 Å². The lowest BCUT2D eigenvalue weighted by Crippen LogP contribution is -2.15. The SMILES string of the molecule is C#CCn1ccc(CO)c1C(F)(F)F. The maximum Gasteiger partial charge on any atom is 0.431 e. The van der Waals surface area contributed by atoms with Gasteiger partial charge in [-0.15, -0.1) is 6.42 Å². The number of halogens is 3. The van der Waals surface area contributed by atoms with Gasteiger partial charge in [-0.25, -0.2) is 0 Å². The number of aliphatic hydroxyl groups is 1. The zero-order chi connectivity index (χ0) is 10.8. The molecule has 0 aromatic carbocycles. The summed E-state index contributed by atoms with van der Waals surface area (Å²) in [5.74, 6) is 2.12. The summed E-state index contributed by atoms with van der Waals surface area (Å²) >= 11 is 0. The topological polar surface area (TPSA) is 25.2 Å². The molecule has 0 bridgehead atoms. The molecule has 0 aliphatic heterocycles. The maximum atomic E-state index is 12.5. The molecule has 0 aliphatic rings. The second kappa shape index (κ2) is 3.76. The highest BCUT2D eigenvalue weighted by molar-refractivity contribution is 5.25. The standard InChI is InChI=1S/C9H8F3NO/c1-2-4-13-5-3-7(6-14)8(13)9(10,11)12/h1,3,5,14H,4,6H2. The number of terminal acetylenes is 1. The average Bonchev–Trinajstić information content (AvgIpc) is 2.47. The summed E-state index contributed by atoms with van der Waals surface area (Å²) in [6.07, 6.45) is 1.65. The third-order valence-corrected chi connectivity index (χ3v) is 1.75. The van der Waals surface area contributed by atoms with Crippen molar-refractivity contribution < 1.29 is 18.3 Å². The van der Waals surface area contributed by atoms with Crippen LogP contribution < -0.4 is 0 Å². The fourth-order valence-corrected chi connectivity index (χ4v) is 1.22. The van der Waals surface area contributed by atoms with Crippen molar-refractivity contribution in [1.29, 1.82) is 0 Å². The lowest BCUT2D eigenvalue weighted by atomic mass is 10.2. The van der Waals surface area contributed by atoms with Crippen LogP contribution in [0.15, 0.2) is 12.3 Å². The lowest BCUT2D eigenvalue weighted by Gasteiger charge is -2.11. The highest BCUT2D eigenvalue weighted by Crippen LogP contribution is 2.32. The normalized spacial score (nSPS) is 11.4. The third kappa shape index (κ3) is 1.91. The van der Waals surface area contributed by atoms with Crippen molar-refractivity contribution in [2.45, 2.75) is 19.3 Å². The molecule has 1 rings (SSSR count). The van der Waals surface area contributed by atoms with Gasteiger partial charge in [0.2, 0.25) is 0 Å². The van der Waals surface area contributed by atoms with Gasteiger partial charge in [-0.2, -0.15) is 13.2 Å². The van der Waals surface area contributed by atoms with E-state index in [1.54, 1.807) is 0 Å². The minimum Gasteiger partial charge on any atom is -0.392 e. The number of hydrogen-bond acceptors (Lipinski definition) is 1. The predicted octanol–water partition coefficient (Wildman–Crippen LogP) is 1.63. The molecule has 1 aromatic heterocycles. The van der Waals surface area contributed by atoms with Gasteiger partial charge in [0.05, 0.1) is 13.2 Å². The van der Waals surface area contributed by atoms with Gasteiger partial charge in [0.1, 0.15) is 5.69 Å². The van der Waals surface area contributed by atoms with E-state index in [-0.39, 0.29) is 12.1 Å². The fourth-order valence-electron chi connectivity index (χ4n) is 1.22. The third-order valence-electron chi connectivity index (χ3n) is 1.75. The Morgan fingerprint density at radius 3 is 2.57 bits per heavy atom. The highest BCUT2D eigenvalue weighted by Gasteiger charge is 2.36. The minimum absolute atomic E-state index is 0.158. The average molecular weight is 203 g/mol. The first-order valence-corrected chi connectivity index (χ1v) is 3.80. The van der Waals surface area contributed by atoms with Crippen molar-refractivity contribution in [2.24, 2.45) is 0 Å². The second-order valence-electron chi connectivity index (χ2n) is 2.68. The van der Waals surface area contributed by atoms with Crippen molar-refractivity contribution in [3.05, 3.63) is 23.5 Å². The van der Waals surface area contributed by atoms with Crippen molar-refractivity contribution in [1.82, 2.24) is 4.57 Å². The van der Waals surface area contributed by atoms with E-state index in [4.69, 9.17) is 11.5 Å². The van der Waals surface area contributed by atoms with E-state index in [1.165, 1.54) is 12.3 Å². The molecule has 76 valence electrons. The molecule has 0 spiro atoms. The monoisotopic (exact) mass is 203 g/mol. The Hall–Kier alpha value is -1.41. The highest BCUT2D eigenvalue weighted by atomic mass is 19.4. The van der Waals surface area contributed by atoms with Gasteiger partial charge in [0, 0.05) is 11.8 Å². The summed E-state index contributed by atoms with van der Waals surface area (Å²) in [6, 6.07) is 1.21. The quantitative estimate of drug-likeness (QED) is 0.726. The number of aliphatic hydroxyl groups excluding tert-OH is 1. The molecule has 1 N–H and O–H groups in total. The van der Waals surface area contributed by atoms with Crippen LogP contribution in [0.1, 0.15) is 11.3 Å². The predicted molar refractivity (Wildman–Crippen MR) is 44.2 cm³/mol. The van der Waals surface area contributed by atoms with E-state index < -0.39 is 18.5 Å². The maximum absolute atomic E-state index is 12.5. The zero-order valence-electron chi connectivity index (χ0n) is 7.17. The van der Waals surface area contributed by atoms with Crippen molar-refractivity contribution >= 4 is 0 Å². The fraction of sp³-hybridized carbons (Fsp3) is 0.333. The summed E-state index contributed by atoms with van der Waals surface area (Å²) in [6.45, 7) is -0.804. The van der Waals surface area contributed by atoms with Crippen LogP contribution in [0.3, 0.4) is 0 Å². The Balaban J connectivity index is 3.21. The van der Waals surface area contributed by atoms with Crippen molar-refractivity contribution in [3.8, 4) is 12.3 Å². The Morgan fingerprint density at radius 2 is 2.14 bits per heavy atom. The van der Waals surface area contributed by atoms with Crippen LogP contribution in [-0.4, -0.2) is 9.67 Å². The molecule has 1 heterocycles. The van der Waals surface area contributed by atoms with E-state index in [0.29, 0.717) is 0 Å². The zero-order valence-corrected chi connectivity index (χ0v) is 7.17. The lowest BCUT2D eigenvalue weighted by molar-refractivity contribution is -0.144. The van der Waals surface area contributed by atoms with Gasteiger partial charge in [-0.1, -0.05) is 5.92 Å². The first kappa shape index (κ1) is 10.7. The summed E-state index contributed by atoms with van der Waals surface area (Å²) in [5.41, 5.74) is -1.04. The first-order valence-electron chi connectivity index (χ1n) is 3.80. The van der Waals surface area contributed by atoms with E-state index in [2.05, 4.69) is 5.92 Å². The molecule has 0 radical (unpaired) electrons. The van der Waals surface area contributed by atoms with Crippen molar-refractivity contribution in [2.75, 3.05) is 0 Å². The number of hydrogen-bond donors (Lipinski definition) is 1. The number of aromatic nitrogens is 1. The molecule has 0 saturated heterocycles. The van der Waals surface area contributed by atoms with E-state index >= 15 is 0 Å². The summed E-state index contributed by atoms with van der Waals surface area (Å²) in [5, 5.41) is 8.70. The summed E-state index contributed by atoms with van der Waals surface area (Å²) < 4.78 is 38.3. The van der Waals surface area contributed by atoms with Crippen LogP contribution in [0.2, 0.25) is 0 Å². The smallest absolute Gasteiger partial charge is 0.392 e.